The second-order valence-corrected chi connectivity index (χ2v) is 8.26. The van der Waals surface area contributed by atoms with Crippen LogP contribution >= 0.6 is 15.9 Å². The Kier molecular flexibility index (Phi) is 6.32. The predicted molar refractivity (Wildman–Crippen MR) is 114 cm³/mol. The lowest BCUT2D eigenvalue weighted by molar-refractivity contribution is 0.191. The van der Waals surface area contributed by atoms with Gasteiger partial charge in [-0.3, -0.25) is 14.8 Å². The number of halogens is 2. The summed E-state index contributed by atoms with van der Waals surface area (Å²) in [6.07, 6.45) is 5.10. The minimum Gasteiger partial charge on any atom is -0.308 e. The van der Waals surface area contributed by atoms with Crippen LogP contribution in [0.1, 0.15) is 18.5 Å². The second kappa shape index (κ2) is 9.11. The summed E-state index contributed by atoms with van der Waals surface area (Å²) in [5, 5.41) is 3.58. The highest BCUT2D eigenvalue weighted by atomic mass is 79.9. The van der Waals surface area contributed by atoms with Gasteiger partial charge in [-0.05, 0) is 60.1 Å². The highest BCUT2D eigenvalue weighted by Crippen LogP contribution is 2.14. The first-order chi connectivity index (χ1) is 14.1. The van der Waals surface area contributed by atoms with E-state index < -0.39 is 5.82 Å². The zero-order valence-electron chi connectivity index (χ0n) is 16.0. The Balaban J connectivity index is 1.30. The first kappa shape index (κ1) is 20.1. The van der Waals surface area contributed by atoms with E-state index in [-0.39, 0.29) is 5.56 Å². The number of aromatic nitrogens is 3. The van der Waals surface area contributed by atoms with Crippen molar-refractivity contribution in [2.24, 2.45) is 0 Å². The number of nitrogens with one attached hydrogen (secondary N) is 1. The van der Waals surface area contributed by atoms with Gasteiger partial charge < -0.3 is 14.8 Å². The SMILES string of the molecule is O=c1ccc2ncc(F)cc2n1CCN1CCC(NCc2ccc(Br)cn2)CC1. The third-order valence-corrected chi connectivity index (χ3v) is 5.86. The Morgan fingerprint density at radius 3 is 2.69 bits per heavy atom. The summed E-state index contributed by atoms with van der Waals surface area (Å²) in [6, 6.07) is 9.02. The number of fused-ring (bicyclic) bond motifs is 1. The minimum atomic E-state index is -0.427. The van der Waals surface area contributed by atoms with E-state index in [1.165, 1.54) is 18.3 Å². The van der Waals surface area contributed by atoms with Crippen LogP contribution < -0.4 is 10.9 Å². The molecule has 0 amide bonds. The lowest BCUT2D eigenvalue weighted by Gasteiger charge is -2.32. The lowest BCUT2D eigenvalue weighted by atomic mass is 10.0. The molecular formula is C21H23BrFN5O. The number of hydrogen-bond acceptors (Lipinski definition) is 5. The molecule has 1 fully saturated rings. The van der Waals surface area contributed by atoms with Crippen LogP contribution in [0.5, 0.6) is 0 Å². The van der Waals surface area contributed by atoms with Gasteiger partial charge in [-0.1, -0.05) is 0 Å². The lowest BCUT2D eigenvalue weighted by Crippen LogP contribution is -2.43. The van der Waals surface area contributed by atoms with E-state index >= 15 is 0 Å². The van der Waals surface area contributed by atoms with E-state index in [0.29, 0.717) is 23.6 Å². The zero-order valence-corrected chi connectivity index (χ0v) is 17.6. The van der Waals surface area contributed by atoms with Crippen LogP contribution in [0.25, 0.3) is 11.0 Å². The Morgan fingerprint density at radius 2 is 1.93 bits per heavy atom. The van der Waals surface area contributed by atoms with E-state index in [2.05, 4.69) is 36.1 Å². The van der Waals surface area contributed by atoms with Crippen LogP contribution in [0.15, 0.2) is 52.0 Å². The highest BCUT2D eigenvalue weighted by Gasteiger charge is 2.19. The summed E-state index contributed by atoms with van der Waals surface area (Å²) >= 11 is 3.40. The Bertz CT molecular complexity index is 1030. The van der Waals surface area contributed by atoms with Crippen molar-refractivity contribution in [3.8, 4) is 0 Å². The minimum absolute atomic E-state index is 0.122. The Morgan fingerprint density at radius 1 is 1.10 bits per heavy atom. The fourth-order valence-electron chi connectivity index (χ4n) is 3.74. The van der Waals surface area contributed by atoms with Crippen LogP contribution in [0.2, 0.25) is 0 Å². The molecule has 8 heteroatoms. The average Bonchev–Trinajstić information content (AvgIpc) is 2.73. The summed E-state index contributed by atoms with van der Waals surface area (Å²) < 4.78 is 16.2. The average molecular weight is 460 g/mol. The molecule has 1 N–H and O–H groups in total. The van der Waals surface area contributed by atoms with Crippen molar-refractivity contribution in [2.75, 3.05) is 19.6 Å². The normalized spacial score (nSPS) is 15.8. The quantitative estimate of drug-likeness (QED) is 0.613. The monoisotopic (exact) mass is 459 g/mol. The number of hydrogen-bond donors (Lipinski definition) is 1. The standard InChI is InChI=1S/C21H23BrFN5O/c22-15-1-2-18(24-12-15)14-25-17-5-7-27(8-6-17)9-10-28-20-11-16(23)13-26-19(20)3-4-21(28)29/h1-4,11-13,17,25H,5-10,14H2. The zero-order chi connectivity index (χ0) is 20.2. The van der Waals surface area contributed by atoms with Gasteiger partial charge in [0.1, 0.15) is 5.82 Å². The number of piperidine rings is 1. The molecule has 0 saturated carbocycles. The van der Waals surface area contributed by atoms with Crippen molar-refractivity contribution in [1.29, 1.82) is 0 Å². The van der Waals surface area contributed by atoms with Crippen molar-refractivity contribution in [3.63, 3.8) is 0 Å². The number of nitrogens with zero attached hydrogens (tertiary/aromatic N) is 4. The summed E-state index contributed by atoms with van der Waals surface area (Å²) in [4.78, 5) is 23.1. The second-order valence-electron chi connectivity index (χ2n) is 7.35. The maximum absolute atomic E-state index is 13.6. The molecular weight excluding hydrogens is 437 g/mol. The number of pyridine rings is 3. The fourth-order valence-corrected chi connectivity index (χ4v) is 3.97. The molecule has 0 radical (unpaired) electrons. The molecule has 0 aromatic carbocycles. The molecule has 0 bridgehead atoms. The maximum Gasteiger partial charge on any atom is 0.251 e. The van der Waals surface area contributed by atoms with Gasteiger partial charge >= 0.3 is 0 Å². The molecule has 1 aliphatic rings. The Labute approximate surface area is 176 Å². The molecule has 4 rings (SSSR count). The molecule has 0 spiro atoms. The fraction of sp³-hybridized carbons (Fsp3) is 0.381. The van der Waals surface area contributed by atoms with Crippen LogP contribution in [0, 0.1) is 5.82 Å². The first-order valence-electron chi connectivity index (χ1n) is 9.80. The topological polar surface area (TPSA) is 63.1 Å². The molecule has 0 aliphatic carbocycles. The van der Waals surface area contributed by atoms with E-state index in [1.807, 2.05) is 18.3 Å². The molecule has 152 valence electrons. The van der Waals surface area contributed by atoms with Crippen molar-refractivity contribution in [3.05, 3.63) is 69.1 Å². The molecule has 4 heterocycles. The summed E-state index contributed by atoms with van der Waals surface area (Å²) in [5.41, 5.74) is 2.10. The van der Waals surface area contributed by atoms with E-state index in [4.69, 9.17) is 0 Å². The van der Waals surface area contributed by atoms with Gasteiger partial charge in [0.05, 0.1) is 22.9 Å². The third kappa shape index (κ3) is 5.07. The van der Waals surface area contributed by atoms with Gasteiger partial charge in [-0.25, -0.2) is 4.39 Å². The van der Waals surface area contributed by atoms with E-state index in [0.717, 1.165) is 49.2 Å². The van der Waals surface area contributed by atoms with Crippen LogP contribution in [0.4, 0.5) is 4.39 Å². The first-order valence-corrected chi connectivity index (χ1v) is 10.6. The summed E-state index contributed by atoms with van der Waals surface area (Å²) in [7, 11) is 0. The molecule has 0 unspecified atom stereocenters. The van der Waals surface area contributed by atoms with Crippen LogP contribution in [-0.4, -0.2) is 45.1 Å². The van der Waals surface area contributed by atoms with Gasteiger partial charge in [0.25, 0.3) is 5.56 Å². The number of rotatable bonds is 6. The largest absolute Gasteiger partial charge is 0.308 e. The van der Waals surface area contributed by atoms with Gasteiger partial charge in [0.15, 0.2) is 0 Å². The van der Waals surface area contributed by atoms with Gasteiger partial charge in [0, 0.05) is 48.5 Å². The maximum atomic E-state index is 13.6. The summed E-state index contributed by atoms with van der Waals surface area (Å²) in [5.74, 6) is -0.427. The smallest absolute Gasteiger partial charge is 0.251 e. The van der Waals surface area contributed by atoms with Gasteiger partial charge in [0.2, 0.25) is 0 Å². The number of likely N-dealkylation sites (tertiary alicyclic amines) is 1. The summed E-state index contributed by atoms with van der Waals surface area (Å²) in [6.45, 7) is 4.00. The molecule has 1 aliphatic heterocycles. The van der Waals surface area contributed by atoms with Crippen LogP contribution in [0.3, 0.4) is 0 Å². The molecule has 1 saturated heterocycles. The van der Waals surface area contributed by atoms with E-state index in [9.17, 15) is 9.18 Å². The molecule has 29 heavy (non-hydrogen) atoms. The highest BCUT2D eigenvalue weighted by molar-refractivity contribution is 9.10. The molecule has 3 aromatic rings. The predicted octanol–water partition coefficient (Wildman–Crippen LogP) is 2.95. The van der Waals surface area contributed by atoms with Gasteiger partial charge in [-0.2, -0.15) is 0 Å². The molecule has 6 nitrogen and oxygen atoms in total. The van der Waals surface area contributed by atoms with Crippen molar-refractivity contribution in [1.82, 2.24) is 24.8 Å². The van der Waals surface area contributed by atoms with Crippen molar-refractivity contribution < 1.29 is 4.39 Å². The van der Waals surface area contributed by atoms with Gasteiger partial charge in [-0.15, -0.1) is 0 Å². The van der Waals surface area contributed by atoms with Crippen molar-refractivity contribution in [2.45, 2.75) is 32.0 Å². The third-order valence-electron chi connectivity index (χ3n) is 5.39. The molecule has 3 aromatic heterocycles. The Hall–Kier alpha value is -2.16. The van der Waals surface area contributed by atoms with Crippen molar-refractivity contribution >= 4 is 27.0 Å². The molecule has 0 atom stereocenters. The van der Waals surface area contributed by atoms with Crippen LogP contribution in [-0.2, 0) is 13.1 Å². The van der Waals surface area contributed by atoms with E-state index in [1.54, 1.807) is 10.6 Å².